The number of aromatic amines is 1. The average molecular weight is 307 g/mol. The molecule has 0 aromatic carbocycles. The molecule has 0 spiro atoms. The van der Waals surface area contributed by atoms with Gasteiger partial charge in [0.25, 0.3) is 5.91 Å². The van der Waals surface area contributed by atoms with Crippen molar-refractivity contribution in [2.45, 2.75) is 13.1 Å². The molecule has 0 aliphatic carbocycles. The van der Waals surface area contributed by atoms with Crippen LogP contribution in [-0.4, -0.2) is 65.2 Å². The van der Waals surface area contributed by atoms with Gasteiger partial charge in [0, 0.05) is 14.1 Å². The molecule has 0 bridgehead atoms. The molecule has 10 heteroatoms. The summed E-state index contributed by atoms with van der Waals surface area (Å²) >= 11 is 0. The fourth-order valence-electron chi connectivity index (χ4n) is 1.47. The number of halogens is 3. The molecule has 0 aliphatic heterocycles. The van der Waals surface area contributed by atoms with Gasteiger partial charge in [-0.25, -0.2) is 0 Å². The maximum Gasteiger partial charge on any atom is 0.406 e. The summed E-state index contributed by atoms with van der Waals surface area (Å²) < 4.78 is 37.7. The lowest BCUT2D eigenvalue weighted by Gasteiger charge is -2.24. The van der Waals surface area contributed by atoms with Gasteiger partial charge in [-0.15, -0.1) is 0 Å². The maximum atomic E-state index is 12.6. The van der Waals surface area contributed by atoms with Crippen LogP contribution in [0.3, 0.4) is 0 Å². The summed E-state index contributed by atoms with van der Waals surface area (Å²) in [5.41, 5.74) is 5.58. The molecule has 1 rings (SSSR count). The number of likely N-dealkylation sites (N-methyl/N-ethyl adjacent to an activating group) is 1. The number of carbonyl (C=O) groups is 2. The molecule has 1 heterocycles. The van der Waals surface area contributed by atoms with Gasteiger partial charge in [0.05, 0.1) is 11.4 Å². The van der Waals surface area contributed by atoms with E-state index in [1.807, 2.05) is 0 Å². The van der Waals surface area contributed by atoms with Gasteiger partial charge in [-0.05, 0) is 6.92 Å². The van der Waals surface area contributed by atoms with Gasteiger partial charge in [0.1, 0.15) is 13.1 Å². The lowest BCUT2D eigenvalue weighted by Crippen LogP contribution is -2.45. The predicted octanol–water partition coefficient (Wildman–Crippen LogP) is 0.393. The molecule has 21 heavy (non-hydrogen) atoms. The Balaban J connectivity index is 3.03. The van der Waals surface area contributed by atoms with Crippen molar-refractivity contribution >= 4 is 17.5 Å². The quantitative estimate of drug-likeness (QED) is 0.841. The molecule has 2 amide bonds. The van der Waals surface area contributed by atoms with Gasteiger partial charge >= 0.3 is 6.18 Å². The summed E-state index contributed by atoms with van der Waals surface area (Å²) in [5, 5.41) is 6.00. The molecule has 7 nitrogen and oxygen atoms in total. The Bertz CT molecular complexity index is 538. The van der Waals surface area contributed by atoms with Gasteiger partial charge in [-0.2, -0.15) is 18.3 Å². The van der Waals surface area contributed by atoms with E-state index in [4.69, 9.17) is 5.73 Å². The Hall–Kier alpha value is -2.26. The number of aromatic nitrogens is 2. The molecule has 0 unspecified atom stereocenters. The Kier molecular flexibility index (Phi) is 4.81. The number of nitrogens with two attached hydrogens (primary N) is 1. The van der Waals surface area contributed by atoms with Crippen molar-refractivity contribution < 1.29 is 22.8 Å². The first kappa shape index (κ1) is 16.8. The smallest absolute Gasteiger partial charge is 0.395 e. The van der Waals surface area contributed by atoms with Crippen molar-refractivity contribution in [2.24, 2.45) is 0 Å². The molecule has 118 valence electrons. The van der Waals surface area contributed by atoms with E-state index in [1.54, 1.807) is 0 Å². The largest absolute Gasteiger partial charge is 0.406 e. The van der Waals surface area contributed by atoms with Gasteiger partial charge < -0.3 is 15.5 Å². The first-order valence-corrected chi connectivity index (χ1v) is 5.89. The second-order valence-electron chi connectivity index (χ2n) is 4.68. The molecule has 0 aliphatic rings. The maximum absolute atomic E-state index is 12.6. The lowest BCUT2D eigenvalue weighted by molar-refractivity contribution is -0.146. The Morgan fingerprint density at radius 1 is 1.33 bits per heavy atom. The zero-order valence-corrected chi connectivity index (χ0v) is 11.8. The summed E-state index contributed by atoms with van der Waals surface area (Å²) in [6.45, 7) is -0.744. The minimum Gasteiger partial charge on any atom is -0.395 e. The second kappa shape index (κ2) is 6.02. The van der Waals surface area contributed by atoms with E-state index < -0.39 is 31.1 Å². The van der Waals surface area contributed by atoms with Crippen LogP contribution in [0.1, 0.15) is 16.2 Å². The third kappa shape index (κ3) is 4.36. The number of anilines is 1. The molecule has 0 saturated heterocycles. The molecule has 0 saturated carbocycles. The van der Waals surface area contributed by atoms with E-state index in [0.717, 1.165) is 4.90 Å². The number of H-pyrrole nitrogens is 1. The number of carbonyl (C=O) groups excluding carboxylic acids is 2. The van der Waals surface area contributed by atoms with Gasteiger partial charge in [0.15, 0.2) is 5.69 Å². The Morgan fingerprint density at radius 2 is 1.90 bits per heavy atom. The predicted molar refractivity (Wildman–Crippen MR) is 68.4 cm³/mol. The van der Waals surface area contributed by atoms with Gasteiger partial charge in [0.2, 0.25) is 5.91 Å². The molecular formula is C11H16F3N5O2. The zero-order chi connectivity index (χ0) is 16.4. The minimum atomic E-state index is -4.64. The van der Waals surface area contributed by atoms with Gasteiger partial charge in [-0.1, -0.05) is 0 Å². The highest BCUT2D eigenvalue weighted by atomic mass is 19.4. The standard InChI is InChI=1S/C11H16F3N5O2/c1-6-8(15)9(17-16-6)10(21)19(5-11(12,13)14)4-7(20)18(2)3/h4-5,15H2,1-3H3,(H,16,17). The highest BCUT2D eigenvalue weighted by molar-refractivity contribution is 5.99. The van der Waals surface area contributed by atoms with E-state index in [9.17, 15) is 22.8 Å². The normalized spacial score (nSPS) is 11.3. The van der Waals surface area contributed by atoms with Crippen LogP contribution in [0.15, 0.2) is 0 Å². The molecule has 0 atom stereocenters. The monoisotopic (exact) mass is 307 g/mol. The summed E-state index contributed by atoms with van der Waals surface area (Å²) in [5.74, 6) is -1.69. The van der Waals surface area contributed by atoms with Crippen LogP contribution in [0.4, 0.5) is 18.9 Å². The first-order chi connectivity index (χ1) is 9.53. The third-order valence-corrected chi connectivity index (χ3v) is 2.68. The van der Waals surface area contributed by atoms with Crippen molar-refractivity contribution in [3.63, 3.8) is 0 Å². The number of aryl methyl sites for hydroxylation is 1. The molecule has 3 N–H and O–H groups in total. The average Bonchev–Trinajstić information content (AvgIpc) is 2.66. The fourth-order valence-corrected chi connectivity index (χ4v) is 1.47. The summed E-state index contributed by atoms with van der Waals surface area (Å²) in [4.78, 5) is 25.1. The summed E-state index contributed by atoms with van der Waals surface area (Å²) in [6, 6.07) is 0. The number of hydrogen-bond donors (Lipinski definition) is 2. The third-order valence-electron chi connectivity index (χ3n) is 2.68. The Labute approximate surface area is 118 Å². The number of nitrogens with one attached hydrogen (secondary N) is 1. The number of alkyl halides is 3. The lowest BCUT2D eigenvalue weighted by atomic mass is 10.2. The SMILES string of the molecule is Cc1[nH]nc(C(=O)N(CC(=O)N(C)C)CC(F)(F)F)c1N. The molecule has 1 aromatic heterocycles. The topological polar surface area (TPSA) is 95.3 Å². The number of rotatable bonds is 4. The van der Waals surface area contributed by atoms with Crippen LogP contribution in [0.5, 0.6) is 0 Å². The molecule has 1 aromatic rings. The second-order valence-corrected chi connectivity index (χ2v) is 4.68. The van der Waals surface area contributed by atoms with Crippen LogP contribution < -0.4 is 5.73 Å². The van der Waals surface area contributed by atoms with Crippen molar-refractivity contribution in [2.75, 3.05) is 32.9 Å². The van der Waals surface area contributed by atoms with Crippen molar-refractivity contribution in [1.82, 2.24) is 20.0 Å². The number of hydrogen-bond acceptors (Lipinski definition) is 4. The molecule has 0 fully saturated rings. The summed E-state index contributed by atoms with van der Waals surface area (Å²) in [7, 11) is 2.76. The van der Waals surface area contributed by atoms with Crippen molar-refractivity contribution in [3.05, 3.63) is 11.4 Å². The van der Waals surface area contributed by atoms with Crippen LogP contribution in [0, 0.1) is 6.92 Å². The highest BCUT2D eigenvalue weighted by Gasteiger charge is 2.35. The van der Waals surface area contributed by atoms with Gasteiger partial charge in [-0.3, -0.25) is 14.7 Å². The van der Waals surface area contributed by atoms with E-state index in [0.29, 0.717) is 10.6 Å². The van der Waals surface area contributed by atoms with E-state index in [2.05, 4.69) is 10.2 Å². The highest BCUT2D eigenvalue weighted by Crippen LogP contribution is 2.20. The molecule has 0 radical (unpaired) electrons. The first-order valence-electron chi connectivity index (χ1n) is 5.89. The van der Waals surface area contributed by atoms with Crippen LogP contribution >= 0.6 is 0 Å². The Morgan fingerprint density at radius 3 is 2.29 bits per heavy atom. The fraction of sp³-hybridized carbons (Fsp3) is 0.545. The minimum absolute atomic E-state index is 0.0375. The van der Waals surface area contributed by atoms with E-state index in [-0.39, 0.29) is 11.4 Å². The number of nitrogen functional groups attached to an aromatic ring is 1. The van der Waals surface area contributed by atoms with E-state index in [1.165, 1.54) is 21.0 Å². The molecular weight excluding hydrogens is 291 g/mol. The summed E-state index contributed by atoms with van der Waals surface area (Å²) in [6.07, 6.45) is -4.64. The van der Waals surface area contributed by atoms with Crippen LogP contribution in [0.2, 0.25) is 0 Å². The number of nitrogens with zero attached hydrogens (tertiary/aromatic N) is 3. The van der Waals surface area contributed by atoms with Crippen molar-refractivity contribution in [1.29, 1.82) is 0 Å². The van der Waals surface area contributed by atoms with Crippen LogP contribution in [-0.2, 0) is 4.79 Å². The zero-order valence-electron chi connectivity index (χ0n) is 11.8. The van der Waals surface area contributed by atoms with Crippen molar-refractivity contribution in [3.8, 4) is 0 Å². The number of amides is 2. The van der Waals surface area contributed by atoms with Crippen LogP contribution in [0.25, 0.3) is 0 Å². The van der Waals surface area contributed by atoms with E-state index >= 15 is 0 Å².